The van der Waals surface area contributed by atoms with E-state index in [0.717, 1.165) is 11.8 Å². The van der Waals surface area contributed by atoms with Crippen molar-refractivity contribution in [2.75, 3.05) is 17.2 Å². The van der Waals surface area contributed by atoms with Crippen molar-refractivity contribution < 1.29 is 24.6 Å². The molecule has 168 valence electrons. The van der Waals surface area contributed by atoms with Crippen molar-refractivity contribution in [3.05, 3.63) is 53.0 Å². The number of carbonyl (C=O) groups excluding carboxylic acids is 2. The van der Waals surface area contributed by atoms with Crippen LogP contribution in [0.3, 0.4) is 0 Å². The Morgan fingerprint density at radius 1 is 1.36 bits per heavy atom. The number of fused-ring (bicyclic) bond motifs is 1. The third kappa shape index (κ3) is 4.30. The van der Waals surface area contributed by atoms with Gasteiger partial charge < -0.3 is 21.3 Å². The number of carboxylic acid groups (broad SMARTS) is 1. The van der Waals surface area contributed by atoms with Gasteiger partial charge in [0.25, 0.3) is 11.8 Å². The van der Waals surface area contributed by atoms with Crippen LogP contribution in [0.15, 0.2) is 46.9 Å². The van der Waals surface area contributed by atoms with E-state index in [9.17, 15) is 24.6 Å². The lowest BCUT2D eigenvalue weighted by Crippen LogP contribution is -2.70. The minimum absolute atomic E-state index is 0.00939. The Labute approximate surface area is 195 Å². The number of benzene rings is 1. The molecule has 2 aromatic rings. The Hall–Kier alpha value is -3.76. The predicted molar refractivity (Wildman–Crippen MR) is 119 cm³/mol. The molecule has 0 aliphatic carbocycles. The minimum atomic E-state index is -1.25. The van der Waals surface area contributed by atoms with E-state index in [0.29, 0.717) is 11.3 Å². The highest BCUT2D eigenvalue weighted by Crippen LogP contribution is 2.41. The molecule has 2 atom stereocenters. The summed E-state index contributed by atoms with van der Waals surface area (Å²) in [6.45, 7) is 0. The van der Waals surface area contributed by atoms with Crippen molar-refractivity contribution in [3.63, 3.8) is 0 Å². The topological polar surface area (TPSA) is 183 Å². The lowest BCUT2D eigenvalue weighted by atomic mass is 10.0. The number of phenolic OH excluding ortho intramolecular Hbond substituents is 1. The Morgan fingerprint density at radius 3 is 2.76 bits per heavy atom. The van der Waals surface area contributed by atoms with Crippen LogP contribution in [0.2, 0.25) is 0 Å². The molecule has 1 aromatic carbocycles. The van der Waals surface area contributed by atoms with Crippen LogP contribution in [0.4, 0.5) is 5.69 Å². The van der Waals surface area contributed by atoms with E-state index in [1.165, 1.54) is 47.1 Å². The molecule has 1 aromatic heterocycles. The Bertz CT molecular complexity index is 1230. The van der Waals surface area contributed by atoms with Crippen LogP contribution in [0.1, 0.15) is 16.1 Å². The monoisotopic (exact) mass is 484 g/mol. The number of nitrogens with two attached hydrogens (primary N) is 1. The molecule has 0 radical (unpaired) electrons. The molecule has 4 rings (SSSR count). The molecule has 11 nitrogen and oxygen atoms in total. The van der Waals surface area contributed by atoms with E-state index in [-0.39, 0.29) is 39.3 Å². The second-order valence-electron chi connectivity index (χ2n) is 7.02. The lowest BCUT2D eigenvalue weighted by Gasteiger charge is -2.49. The van der Waals surface area contributed by atoms with Crippen molar-refractivity contribution in [1.29, 1.82) is 5.26 Å². The molecule has 0 bridgehead atoms. The molecule has 1 fully saturated rings. The van der Waals surface area contributed by atoms with E-state index in [4.69, 9.17) is 11.0 Å². The fraction of sp³-hybridized carbons (Fsp3) is 0.200. The first-order chi connectivity index (χ1) is 15.8. The number of aliphatic carboxylic acids is 1. The van der Waals surface area contributed by atoms with E-state index in [2.05, 4.69) is 15.3 Å². The van der Waals surface area contributed by atoms with Crippen LogP contribution in [-0.2, 0) is 9.59 Å². The first kappa shape index (κ1) is 22.4. The number of aromatic nitrogens is 2. The number of anilines is 1. The third-order valence-corrected chi connectivity index (χ3v) is 7.23. The van der Waals surface area contributed by atoms with Gasteiger partial charge in [-0.25, -0.2) is 14.8 Å². The number of nitrogens with zero attached hydrogens (tertiary/aromatic N) is 4. The molecule has 33 heavy (non-hydrogen) atoms. The van der Waals surface area contributed by atoms with Crippen molar-refractivity contribution in [3.8, 4) is 11.8 Å². The highest BCUT2D eigenvalue weighted by molar-refractivity contribution is 8.01. The van der Waals surface area contributed by atoms with Gasteiger partial charge in [0.15, 0.2) is 10.9 Å². The van der Waals surface area contributed by atoms with Gasteiger partial charge in [-0.1, -0.05) is 11.8 Å². The van der Waals surface area contributed by atoms with Gasteiger partial charge >= 0.3 is 5.97 Å². The molecular weight excluding hydrogens is 468 g/mol. The Kier molecular flexibility index (Phi) is 6.12. The highest BCUT2D eigenvalue weighted by atomic mass is 32.2. The average Bonchev–Trinajstić information content (AvgIpc) is 2.81. The number of nitrogen functional groups attached to an aromatic ring is 1. The molecule has 2 aliphatic heterocycles. The van der Waals surface area contributed by atoms with Crippen LogP contribution in [0, 0.1) is 11.3 Å². The summed E-state index contributed by atoms with van der Waals surface area (Å²) in [5, 5.41) is 30.5. The highest BCUT2D eigenvalue weighted by Gasteiger charge is 2.54. The molecule has 0 saturated carbocycles. The molecule has 1 saturated heterocycles. The molecule has 3 heterocycles. The first-order valence-electron chi connectivity index (χ1n) is 9.45. The standard InChI is InChI=1S/C20H16N6O5S2/c21-5-13-12(22)6-23-20(24-13)33-8-10-7-32-18-14(17(29)26(18)15(10)19(30)31)25-16(28)9-1-3-11(27)4-2-9/h1-4,6,14,18,27H,7-8,22H2,(H,25,28)(H,30,31)/t14?,18-/m1/s1. The number of carboxylic acids is 1. The maximum absolute atomic E-state index is 12.8. The smallest absolute Gasteiger partial charge is 0.352 e. The summed E-state index contributed by atoms with van der Waals surface area (Å²) in [6.07, 6.45) is 1.31. The van der Waals surface area contributed by atoms with Crippen LogP contribution in [-0.4, -0.2) is 65.8 Å². The number of amides is 2. The summed E-state index contributed by atoms with van der Waals surface area (Å²) in [5.41, 5.74) is 6.45. The lowest BCUT2D eigenvalue weighted by molar-refractivity contribution is -0.148. The second kappa shape index (κ2) is 9.00. The van der Waals surface area contributed by atoms with Crippen LogP contribution < -0.4 is 11.1 Å². The van der Waals surface area contributed by atoms with Crippen LogP contribution in [0.5, 0.6) is 5.75 Å². The summed E-state index contributed by atoms with van der Waals surface area (Å²) in [5.74, 6) is -1.72. The zero-order valence-electron chi connectivity index (χ0n) is 16.8. The van der Waals surface area contributed by atoms with E-state index >= 15 is 0 Å². The van der Waals surface area contributed by atoms with Gasteiger partial charge in [-0.05, 0) is 29.8 Å². The van der Waals surface area contributed by atoms with E-state index in [1.54, 1.807) is 0 Å². The second-order valence-corrected chi connectivity index (χ2v) is 9.07. The normalized spacial score (nSPS) is 19.4. The van der Waals surface area contributed by atoms with Crippen molar-refractivity contribution in [1.82, 2.24) is 20.2 Å². The number of β-lactam (4-membered cyclic amide) rings is 1. The molecule has 0 spiro atoms. The van der Waals surface area contributed by atoms with Crippen molar-refractivity contribution in [2.45, 2.75) is 16.6 Å². The molecule has 13 heteroatoms. The fourth-order valence-electron chi connectivity index (χ4n) is 3.32. The van der Waals surface area contributed by atoms with E-state index < -0.39 is 29.2 Å². The quantitative estimate of drug-likeness (QED) is 0.258. The van der Waals surface area contributed by atoms with E-state index in [1.807, 2.05) is 6.07 Å². The molecular formula is C20H16N6O5S2. The number of nitriles is 1. The van der Waals surface area contributed by atoms with Gasteiger partial charge in [0, 0.05) is 17.1 Å². The number of hydrogen-bond acceptors (Lipinski definition) is 10. The SMILES string of the molecule is N#Cc1nc(SCC2=C(C(=O)O)N3C(=O)C(NC(=O)c4ccc(O)cc4)[C@H]3SC2)ncc1N. The van der Waals surface area contributed by atoms with Crippen LogP contribution in [0.25, 0.3) is 0 Å². The Balaban J connectivity index is 1.48. The maximum atomic E-state index is 12.8. The van der Waals surface area contributed by atoms with Gasteiger partial charge in [0.2, 0.25) is 0 Å². The zero-order valence-corrected chi connectivity index (χ0v) is 18.4. The fourth-order valence-corrected chi connectivity index (χ4v) is 5.62. The summed E-state index contributed by atoms with van der Waals surface area (Å²) >= 11 is 2.47. The average molecular weight is 485 g/mol. The number of nitrogens with one attached hydrogen (secondary N) is 1. The number of hydrogen-bond donors (Lipinski definition) is 4. The van der Waals surface area contributed by atoms with Gasteiger partial charge in [0.1, 0.15) is 28.9 Å². The number of aromatic hydroxyl groups is 1. The predicted octanol–water partition coefficient (Wildman–Crippen LogP) is 0.781. The van der Waals surface area contributed by atoms with Gasteiger partial charge in [-0.2, -0.15) is 5.26 Å². The van der Waals surface area contributed by atoms with Crippen molar-refractivity contribution in [2.24, 2.45) is 0 Å². The molecule has 1 unspecified atom stereocenters. The molecule has 2 amide bonds. The minimum Gasteiger partial charge on any atom is -0.508 e. The number of thioether (sulfide) groups is 2. The maximum Gasteiger partial charge on any atom is 0.352 e. The summed E-state index contributed by atoms with van der Waals surface area (Å²) in [4.78, 5) is 46.4. The number of rotatable bonds is 6. The van der Waals surface area contributed by atoms with Gasteiger partial charge in [-0.3, -0.25) is 14.5 Å². The zero-order chi connectivity index (χ0) is 23.7. The summed E-state index contributed by atoms with van der Waals surface area (Å²) in [6, 6.07) is 6.57. The van der Waals surface area contributed by atoms with Crippen LogP contribution >= 0.6 is 23.5 Å². The molecule has 2 aliphatic rings. The summed E-state index contributed by atoms with van der Waals surface area (Å²) in [7, 11) is 0. The van der Waals surface area contributed by atoms with Gasteiger partial charge in [-0.15, -0.1) is 11.8 Å². The van der Waals surface area contributed by atoms with Gasteiger partial charge in [0.05, 0.1) is 11.9 Å². The first-order valence-corrected chi connectivity index (χ1v) is 11.5. The largest absolute Gasteiger partial charge is 0.508 e. The molecule has 5 N–H and O–H groups in total. The third-order valence-electron chi connectivity index (χ3n) is 4.94. The Morgan fingerprint density at radius 2 is 2.09 bits per heavy atom. The number of carbonyl (C=O) groups is 3. The van der Waals surface area contributed by atoms with Crippen molar-refractivity contribution >= 4 is 47.0 Å². The number of phenols is 1. The summed E-state index contributed by atoms with van der Waals surface area (Å²) < 4.78 is 0.